The monoisotopic (exact) mass is 380 g/mol. The Morgan fingerprint density at radius 3 is 2.50 bits per heavy atom. The molecule has 142 valence electrons. The largest absolute Gasteiger partial charge is 0.449 e. The number of hydrogen-bond acceptors (Lipinski definition) is 6. The van der Waals surface area contributed by atoms with E-state index in [0.717, 1.165) is 23.3 Å². The Kier molecular flexibility index (Phi) is 5.62. The molecule has 0 spiro atoms. The third-order valence-electron chi connectivity index (χ3n) is 4.73. The highest BCUT2D eigenvalue weighted by molar-refractivity contribution is 7.16. The van der Waals surface area contributed by atoms with Gasteiger partial charge in [-0.1, -0.05) is 0 Å². The van der Waals surface area contributed by atoms with Gasteiger partial charge in [-0.05, 0) is 39.2 Å². The van der Waals surface area contributed by atoms with Crippen LogP contribution in [0, 0.1) is 19.8 Å². The zero-order chi connectivity index (χ0) is 18.8. The van der Waals surface area contributed by atoms with Crippen LogP contribution in [0.2, 0.25) is 0 Å². The summed E-state index contributed by atoms with van der Waals surface area (Å²) in [6.07, 6.45) is 0.896. The topological polar surface area (TPSA) is 84.9 Å². The second-order valence-electron chi connectivity index (χ2n) is 6.74. The van der Waals surface area contributed by atoms with Crippen molar-refractivity contribution < 1.29 is 23.9 Å². The highest BCUT2D eigenvalue weighted by atomic mass is 32.1. The molecule has 2 aliphatic rings. The van der Waals surface area contributed by atoms with Crippen molar-refractivity contribution in [3.63, 3.8) is 0 Å². The number of esters is 1. The van der Waals surface area contributed by atoms with Crippen LogP contribution in [0.1, 0.15) is 40.6 Å². The lowest BCUT2D eigenvalue weighted by Crippen LogP contribution is -2.46. The first kappa shape index (κ1) is 18.8. The van der Waals surface area contributed by atoms with E-state index in [1.165, 1.54) is 11.3 Å². The summed E-state index contributed by atoms with van der Waals surface area (Å²) in [6, 6.07) is 0. The number of ether oxygens (including phenoxy) is 2. The summed E-state index contributed by atoms with van der Waals surface area (Å²) in [5.74, 6) is -0.817. The molecule has 1 saturated carbocycles. The molecule has 26 heavy (non-hydrogen) atoms. The minimum absolute atomic E-state index is 0.0448. The molecular formula is C18H24N2O5S. The molecular weight excluding hydrogens is 356 g/mol. The first-order chi connectivity index (χ1) is 12.4. The second-order valence-corrected chi connectivity index (χ2v) is 7.96. The number of anilines is 1. The predicted molar refractivity (Wildman–Crippen MR) is 97.4 cm³/mol. The van der Waals surface area contributed by atoms with Crippen LogP contribution < -0.4 is 5.32 Å². The van der Waals surface area contributed by atoms with Crippen LogP contribution in [0.15, 0.2) is 0 Å². The highest BCUT2D eigenvalue weighted by Gasteiger charge is 2.33. The van der Waals surface area contributed by atoms with Gasteiger partial charge in [0.25, 0.3) is 5.91 Å². The Balaban J connectivity index is 1.70. The van der Waals surface area contributed by atoms with E-state index in [9.17, 15) is 14.4 Å². The first-order valence-electron chi connectivity index (χ1n) is 8.87. The maximum Gasteiger partial charge on any atom is 0.342 e. The molecule has 2 amide bonds. The fraction of sp³-hybridized carbons (Fsp3) is 0.611. The van der Waals surface area contributed by atoms with Gasteiger partial charge in [0.05, 0.1) is 18.8 Å². The van der Waals surface area contributed by atoms with Crippen molar-refractivity contribution in [1.82, 2.24) is 4.90 Å². The Morgan fingerprint density at radius 2 is 1.88 bits per heavy atom. The molecule has 0 aromatic carbocycles. The van der Waals surface area contributed by atoms with Gasteiger partial charge in [0.1, 0.15) is 5.00 Å². The van der Waals surface area contributed by atoms with Crippen LogP contribution in [0.3, 0.4) is 0 Å². The highest BCUT2D eigenvalue weighted by Crippen LogP contribution is 2.36. The number of amides is 2. The summed E-state index contributed by atoms with van der Waals surface area (Å²) in [5, 5.41) is 3.36. The number of carbonyl (C=O) groups excluding carboxylic acids is 3. The zero-order valence-electron chi connectivity index (χ0n) is 15.3. The molecule has 7 nitrogen and oxygen atoms in total. The fourth-order valence-electron chi connectivity index (χ4n) is 2.83. The van der Waals surface area contributed by atoms with E-state index in [4.69, 9.17) is 9.47 Å². The van der Waals surface area contributed by atoms with E-state index >= 15 is 0 Å². The molecule has 2 fully saturated rings. The van der Waals surface area contributed by atoms with E-state index in [1.807, 2.05) is 13.8 Å². The van der Waals surface area contributed by atoms with Gasteiger partial charge in [-0.2, -0.15) is 0 Å². The third-order valence-corrected chi connectivity index (χ3v) is 5.85. The quantitative estimate of drug-likeness (QED) is 0.791. The fourth-order valence-corrected chi connectivity index (χ4v) is 3.88. The second kappa shape index (κ2) is 7.75. The Hall–Kier alpha value is -1.93. The van der Waals surface area contributed by atoms with Crippen molar-refractivity contribution in [1.29, 1.82) is 0 Å². The Bertz CT molecular complexity index is 719. The number of nitrogens with one attached hydrogen (secondary N) is 1. The van der Waals surface area contributed by atoms with Crippen LogP contribution in [-0.4, -0.2) is 55.1 Å². The summed E-state index contributed by atoms with van der Waals surface area (Å²) in [5.41, 5.74) is 1.13. The average Bonchev–Trinajstić information content (AvgIpc) is 3.43. The molecule has 1 aliphatic heterocycles. The van der Waals surface area contributed by atoms with Crippen LogP contribution in [0.5, 0.6) is 0 Å². The van der Waals surface area contributed by atoms with E-state index in [1.54, 1.807) is 11.8 Å². The van der Waals surface area contributed by atoms with Crippen LogP contribution in [-0.2, 0) is 19.1 Å². The number of hydrogen-bond donors (Lipinski definition) is 1. The molecule has 1 unspecified atom stereocenters. The average molecular weight is 380 g/mol. The Labute approximate surface area is 156 Å². The predicted octanol–water partition coefficient (Wildman–Crippen LogP) is 2.12. The SMILES string of the molecule is Cc1sc(NC(=O)C2CC2)c(C(=O)OC(C)C(=O)N2CCOCC2)c1C. The van der Waals surface area contributed by atoms with Crippen molar-refractivity contribution >= 4 is 34.1 Å². The molecule has 8 heteroatoms. The van der Waals surface area contributed by atoms with E-state index < -0.39 is 12.1 Å². The van der Waals surface area contributed by atoms with E-state index in [2.05, 4.69) is 5.32 Å². The lowest BCUT2D eigenvalue weighted by Gasteiger charge is -2.29. The van der Waals surface area contributed by atoms with E-state index in [-0.39, 0.29) is 17.7 Å². The molecule has 0 radical (unpaired) electrons. The number of aryl methyl sites for hydroxylation is 1. The molecule has 1 aliphatic carbocycles. The summed E-state index contributed by atoms with van der Waals surface area (Å²) in [4.78, 5) is 39.8. The van der Waals surface area contributed by atoms with Gasteiger partial charge in [0, 0.05) is 23.9 Å². The first-order valence-corrected chi connectivity index (χ1v) is 9.68. The molecule has 1 aromatic rings. The van der Waals surface area contributed by atoms with Crippen molar-refractivity contribution in [2.24, 2.45) is 5.92 Å². The van der Waals surface area contributed by atoms with Crippen molar-refractivity contribution in [2.75, 3.05) is 31.6 Å². The van der Waals surface area contributed by atoms with Crippen LogP contribution in [0.4, 0.5) is 5.00 Å². The molecule has 0 bridgehead atoms. The maximum atomic E-state index is 12.7. The number of thiophene rings is 1. The normalized spacial score (nSPS) is 18.3. The Morgan fingerprint density at radius 1 is 1.23 bits per heavy atom. The van der Waals surface area contributed by atoms with Gasteiger partial charge in [-0.25, -0.2) is 4.79 Å². The van der Waals surface area contributed by atoms with Gasteiger partial charge in [-0.15, -0.1) is 11.3 Å². The summed E-state index contributed by atoms with van der Waals surface area (Å²) >= 11 is 1.36. The van der Waals surface area contributed by atoms with Gasteiger partial charge in [0.15, 0.2) is 6.10 Å². The molecule has 1 atom stereocenters. The summed E-state index contributed by atoms with van der Waals surface area (Å²) in [7, 11) is 0. The van der Waals surface area contributed by atoms with Gasteiger partial charge in [-0.3, -0.25) is 9.59 Å². The van der Waals surface area contributed by atoms with Gasteiger partial charge >= 0.3 is 5.97 Å². The lowest BCUT2D eigenvalue weighted by atomic mass is 10.1. The lowest BCUT2D eigenvalue weighted by molar-refractivity contribution is -0.143. The maximum absolute atomic E-state index is 12.7. The molecule has 1 saturated heterocycles. The number of morpholine rings is 1. The molecule has 1 aromatic heterocycles. The van der Waals surface area contributed by atoms with Gasteiger partial charge < -0.3 is 19.7 Å². The van der Waals surface area contributed by atoms with Gasteiger partial charge in [0.2, 0.25) is 5.91 Å². The zero-order valence-corrected chi connectivity index (χ0v) is 16.1. The van der Waals surface area contributed by atoms with Crippen LogP contribution >= 0.6 is 11.3 Å². The number of rotatable bonds is 5. The number of nitrogens with zero attached hydrogens (tertiary/aromatic N) is 1. The molecule has 1 N–H and O–H groups in total. The minimum atomic E-state index is -0.882. The third kappa shape index (κ3) is 4.07. The van der Waals surface area contributed by atoms with Crippen molar-refractivity contribution in [3.8, 4) is 0 Å². The molecule has 3 rings (SSSR count). The van der Waals surface area contributed by atoms with E-state index in [0.29, 0.717) is 36.9 Å². The smallest absolute Gasteiger partial charge is 0.342 e. The standard InChI is InChI=1S/C18H24N2O5S/c1-10-12(3)26-16(19-15(21)13-4-5-13)14(10)18(23)25-11(2)17(22)20-6-8-24-9-7-20/h11,13H,4-9H2,1-3H3,(H,19,21). The minimum Gasteiger partial charge on any atom is -0.449 e. The summed E-state index contributed by atoms with van der Waals surface area (Å²) in [6.45, 7) is 7.28. The van der Waals surface area contributed by atoms with Crippen molar-refractivity contribution in [2.45, 2.75) is 39.7 Å². The van der Waals surface area contributed by atoms with Crippen LogP contribution in [0.25, 0.3) is 0 Å². The number of carbonyl (C=O) groups is 3. The molecule has 2 heterocycles. The summed E-state index contributed by atoms with van der Waals surface area (Å²) < 4.78 is 10.7. The van der Waals surface area contributed by atoms with Crippen molar-refractivity contribution in [3.05, 3.63) is 16.0 Å².